The Bertz CT molecular complexity index is 559. The fraction of sp³-hybridized carbons (Fsp3) is 0.100. The van der Waals surface area contributed by atoms with Crippen molar-refractivity contribution in [2.45, 2.75) is 11.8 Å². The predicted octanol–water partition coefficient (Wildman–Crippen LogP) is 1.78. The molecule has 0 saturated heterocycles. The summed E-state index contributed by atoms with van der Waals surface area (Å²) in [4.78, 5) is 3.86. The molecule has 0 spiro atoms. The average molecular weight is 238 g/mol. The summed E-state index contributed by atoms with van der Waals surface area (Å²) in [6.45, 7) is 1.89. The number of aryl methyl sites for hydroxylation is 1. The van der Waals surface area contributed by atoms with Gasteiger partial charge in [0.05, 0.1) is 11.1 Å². The van der Waals surface area contributed by atoms with Gasteiger partial charge in [-0.3, -0.25) is 0 Å². The van der Waals surface area contributed by atoms with E-state index in [-0.39, 0.29) is 10.9 Å². The van der Waals surface area contributed by atoms with Gasteiger partial charge in [-0.2, -0.15) is 0 Å². The zero-order valence-electron chi connectivity index (χ0n) is 8.54. The molecule has 0 aliphatic rings. The van der Waals surface area contributed by atoms with Gasteiger partial charge in [0.1, 0.15) is 6.26 Å². The number of nitrogens with zero attached hydrogens (tertiary/aromatic N) is 1. The zero-order chi connectivity index (χ0) is 11.6. The van der Waals surface area contributed by atoms with E-state index in [1.165, 1.54) is 24.6 Å². The lowest BCUT2D eigenvalue weighted by Crippen LogP contribution is -2.12. The van der Waals surface area contributed by atoms with Crippen molar-refractivity contribution in [3.63, 3.8) is 0 Å². The number of hydrogen-bond acceptors (Lipinski definition) is 4. The highest BCUT2D eigenvalue weighted by atomic mass is 32.2. The SMILES string of the molecule is Cc1ccc(S(=O)(=O)Nc2ncco2)cc1. The molecule has 1 N–H and O–H groups in total. The summed E-state index contributed by atoms with van der Waals surface area (Å²) < 4.78 is 30.6. The second-order valence-electron chi connectivity index (χ2n) is 3.26. The maximum absolute atomic E-state index is 11.8. The fourth-order valence-electron chi connectivity index (χ4n) is 1.17. The van der Waals surface area contributed by atoms with Crippen molar-refractivity contribution in [1.29, 1.82) is 0 Å². The van der Waals surface area contributed by atoms with Gasteiger partial charge in [0.15, 0.2) is 0 Å². The highest BCUT2D eigenvalue weighted by molar-refractivity contribution is 7.92. The number of sulfonamides is 1. The van der Waals surface area contributed by atoms with E-state index in [0.29, 0.717) is 0 Å². The highest BCUT2D eigenvalue weighted by Gasteiger charge is 2.15. The number of oxazole rings is 1. The van der Waals surface area contributed by atoms with Crippen molar-refractivity contribution in [3.05, 3.63) is 42.3 Å². The molecule has 2 aromatic rings. The van der Waals surface area contributed by atoms with Gasteiger partial charge in [-0.1, -0.05) is 17.7 Å². The minimum Gasteiger partial charge on any atom is -0.432 e. The molecule has 0 aliphatic carbocycles. The number of benzene rings is 1. The van der Waals surface area contributed by atoms with Crippen LogP contribution in [0.4, 0.5) is 6.01 Å². The standard InChI is InChI=1S/C10H10N2O3S/c1-8-2-4-9(5-3-8)16(13,14)12-10-11-6-7-15-10/h2-7H,1H3,(H,11,12). The molecule has 5 nitrogen and oxygen atoms in total. The molecule has 0 amide bonds. The Morgan fingerprint density at radius 3 is 2.50 bits per heavy atom. The van der Waals surface area contributed by atoms with Crippen LogP contribution >= 0.6 is 0 Å². The lowest BCUT2D eigenvalue weighted by Gasteiger charge is -2.04. The Balaban J connectivity index is 2.29. The van der Waals surface area contributed by atoms with Crippen molar-refractivity contribution in [2.24, 2.45) is 0 Å². The van der Waals surface area contributed by atoms with E-state index < -0.39 is 10.0 Å². The molecule has 1 aromatic carbocycles. The van der Waals surface area contributed by atoms with Crippen LogP contribution in [0.3, 0.4) is 0 Å². The number of nitrogens with one attached hydrogen (secondary N) is 1. The van der Waals surface area contributed by atoms with Gasteiger partial charge in [0.25, 0.3) is 10.0 Å². The van der Waals surface area contributed by atoms with Crippen LogP contribution in [0.15, 0.2) is 46.0 Å². The third kappa shape index (κ3) is 2.22. The summed E-state index contributed by atoms with van der Waals surface area (Å²) in [5, 5.41) is 0. The molecule has 0 bridgehead atoms. The van der Waals surface area contributed by atoms with Gasteiger partial charge < -0.3 is 4.42 Å². The molecule has 0 aliphatic heterocycles. The van der Waals surface area contributed by atoms with Crippen molar-refractivity contribution in [3.8, 4) is 0 Å². The van der Waals surface area contributed by atoms with Gasteiger partial charge in [-0.15, -0.1) is 0 Å². The molecule has 6 heteroatoms. The number of aromatic nitrogens is 1. The topological polar surface area (TPSA) is 72.2 Å². The molecule has 0 unspecified atom stereocenters. The normalized spacial score (nSPS) is 11.3. The molecule has 84 valence electrons. The van der Waals surface area contributed by atoms with Crippen molar-refractivity contribution < 1.29 is 12.8 Å². The first-order chi connectivity index (χ1) is 7.58. The smallest absolute Gasteiger partial charge is 0.308 e. The second kappa shape index (κ2) is 3.97. The molecule has 1 aromatic heterocycles. The number of hydrogen-bond donors (Lipinski definition) is 1. The van der Waals surface area contributed by atoms with Crippen molar-refractivity contribution in [2.75, 3.05) is 4.72 Å². The van der Waals surface area contributed by atoms with Crippen LogP contribution in [0.2, 0.25) is 0 Å². The zero-order valence-corrected chi connectivity index (χ0v) is 9.36. The van der Waals surface area contributed by atoms with Crippen molar-refractivity contribution >= 4 is 16.0 Å². The summed E-state index contributed by atoms with van der Waals surface area (Å²) in [6, 6.07) is 6.47. The summed E-state index contributed by atoms with van der Waals surface area (Å²) in [7, 11) is -3.61. The van der Waals surface area contributed by atoms with E-state index in [9.17, 15) is 8.42 Å². The molecule has 0 atom stereocenters. The summed E-state index contributed by atoms with van der Waals surface area (Å²) >= 11 is 0. The van der Waals surface area contributed by atoms with Crippen LogP contribution in [-0.4, -0.2) is 13.4 Å². The Labute approximate surface area is 93.2 Å². The maximum atomic E-state index is 11.8. The monoisotopic (exact) mass is 238 g/mol. The molecule has 2 rings (SSSR count). The molecule has 0 fully saturated rings. The highest BCUT2D eigenvalue weighted by Crippen LogP contribution is 2.14. The first-order valence-corrected chi connectivity index (χ1v) is 6.05. The Morgan fingerprint density at radius 1 is 1.25 bits per heavy atom. The van der Waals surface area contributed by atoms with Gasteiger partial charge in [0.2, 0.25) is 0 Å². The lowest BCUT2D eigenvalue weighted by atomic mass is 10.2. The van der Waals surface area contributed by atoms with Crippen molar-refractivity contribution in [1.82, 2.24) is 4.98 Å². The Kier molecular flexibility index (Phi) is 2.66. The Hall–Kier alpha value is -1.82. The van der Waals surface area contributed by atoms with Gasteiger partial charge in [0, 0.05) is 0 Å². The van der Waals surface area contributed by atoms with Crippen LogP contribution in [-0.2, 0) is 10.0 Å². The number of rotatable bonds is 3. The summed E-state index contributed by atoms with van der Waals surface area (Å²) in [5.41, 5.74) is 0.995. The van der Waals surface area contributed by atoms with E-state index in [2.05, 4.69) is 9.71 Å². The quantitative estimate of drug-likeness (QED) is 0.884. The molecule has 0 radical (unpaired) electrons. The summed E-state index contributed by atoms with van der Waals surface area (Å²) in [6.07, 6.45) is 2.67. The second-order valence-corrected chi connectivity index (χ2v) is 4.94. The maximum Gasteiger partial charge on any atom is 0.308 e. The van der Waals surface area contributed by atoms with Crippen LogP contribution in [0.5, 0.6) is 0 Å². The van der Waals surface area contributed by atoms with Gasteiger partial charge in [-0.25, -0.2) is 18.1 Å². The molecule has 1 heterocycles. The van der Waals surface area contributed by atoms with Gasteiger partial charge >= 0.3 is 6.01 Å². The van der Waals surface area contributed by atoms with E-state index in [1.807, 2.05) is 6.92 Å². The Morgan fingerprint density at radius 2 is 1.94 bits per heavy atom. The first kappa shape index (κ1) is 10.7. The van der Waals surface area contributed by atoms with E-state index in [4.69, 9.17) is 4.42 Å². The van der Waals surface area contributed by atoms with Crippen LogP contribution in [0.25, 0.3) is 0 Å². The lowest BCUT2D eigenvalue weighted by molar-refractivity contribution is 0.570. The molecule has 0 saturated carbocycles. The van der Waals surface area contributed by atoms with E-state index in [1.54, 1.807) is 12.1 Å². The first-order valence-electron chi connectivity index (χ1n) is 4.57. The fourth-order valence-corrected chi connectivity index (χ4v) is 2.11. The molecular formula is C10H10N2O3S. The minimum absolute atomic E-state index is 0.0411. The van der Waals surface area contributed by atoms with Crippen LogP contribution < -0.4 is 4.72 Å². The van der Waals surface area contributed by atoms with Crippen LogP contribution in [0, 0.1) is 6.92 Å². The average Bonchev–Trinajstić information content (AvgIpc) is 2.70. The largest absolute Gasteiger partial charge is 0.432 e. The van der Waals surface area contributed by atoms with E-state index in [0.717, 1.165) is 5.56 Å². The molecule has 16 heavy (non-hydrogen) atoms. The van der Waals surface area contributed by atoms with Crippen LogP contribution in [0.1, 0.15) is 5.56 Å². The number of anilines is 1. The minimum atomic E-state index is -3.61. The van der Waals surface area contributed by atoms with E-state index >= 15 is 0 Å². The van der Waals surface area contributed by atoms with Gasteiger partial charge in [-0.05, 0) is 19.1 Å². The third-order valence-electron chi connectivity index (χ3n) is 1.99. The third-order valence-corrected chi connectivity index (χ3v) is 3.32. The summed E-state index contributed by atoms with van der Waals surface area (Å²) in [5.74, 6) is 0. The molecular weight excluding hydrogens is 228 g/mol. The predicted molar refractivity (Wildman–Crippen MR) is 58.5 cm³/mol.